The average molecular weight is 243 g/mol. The van der Waals surface area contributed by atoms with Crippen molar-refractivity contribution in [2.75, 3.05) is 5.94 Å². The van der Waals surface area contributed by atoms with E-state index in [1.165, 1.54) is 0 Å². The van der Waals surface area contributed by atoms with Crippen molar-refractivity contribution in [2.45, 2.75) is 0 Å². The molecule has 14 heavy (non-hydrogen) atoms. The maximum Gasteiger partial charge on any atom is 0.205 e. The molecule has 0 aromatic heterocycles. The summed E-state index contributed by atoms with van der Waals surface area (Å²) in [4.78, 5) is 0. The van der Waals surface area contributed by atoms with Gasteiger partial charge >= 0.3 is 0 Å². The van der Waals surface area contributed by atoms with Crippen LogP contribution in [-0.2, 0) is 25.2 Å². The Hall–Kier alpha value is -0.900. The summed E-state index contributed by atoms with van der Waals surface area (Å²) < 4.78 is 36.2. The van der Waals surface area contributed by atoms with Gasteiger partial charge in [0, 0.05) is 10.8 Å². The highest BCUT2D eigenvalue weighted by Gasteiger charge is 2.03. The van der Waals surface area contributed by atoms with Crippen molar-refractivity contribution in [3.8, 4) is 0 Å². The van der Waals surface area contributed by atoms with Crippen LogP contribution in [0.5, 0.6) is 0 Å². The maximum absolute atomic E-state index is 10.8. The highest BCUT2D eigenvalue weighted by Crippen LogP contribution is 1.94. The van der Waals surface area contributed by atoms with E-state index in [2.05, 4.69) is 10.9 Å². The van der Waals surface area contributed by atoms with Crippen molar-refractivity contribution in [1.29, 1.82) is 0 Å². The Morgan fingerprint density at radius 2 is 2.21 bits per heavy atom. The van der Waals surface area contributed by atoms with Gasteiger partial charge < -0.3 is 10.2 Å². The second-order valence-corrected chi connectivity index (χ2v) is 4.77. The van der Waals surface area contributed by atoms with Crippen molar-refractivity contribution in [3.63, 3.8) is 0 Å². The lowest BCUT2D eigenvalue weighted by Crippen LogP contribution is -2.13. The van der Waals surface area contributed by atoms with Gasteiger partial charge in [0.15, 0.2) is 9.84 Å². The number of hydrogen-bond acceptors (Lipinski definition) is 7. The Kier molecular flexibility index (Phi) is 5.38. The van der Waals surface area contributed by atoms with Gasteiger partial charge in [-0.2, -0.15) is 4.28 Å². The number of sulfone groups is 1. The fourth-order valence-electron chi connectivity index (χ4n) is 0.290. The summed E-state index contributed by atoms with van der Waals surface area (Å²) in [6.07, 6.45) is 0. The predicted molar refractivity (Wildman–Crippen MR) is 49.3 cm³/mol. The van der Waals surface area contributed by atoms with E-state index in [1.807, 2.05) is 0 Å². The van der Waals surface area contributed by atoms with E-state index in [0.717, 1.165) is 0 Å². The van der Waals surface area contributed by atoms with Gasteiger partial charge in [-0.25, -0.2) is 18.1 Å². The zero-order valence-corrected chi connectivity index (χ0v) is 8.55. The van der Waals surface area contributed by atoms with Gasteiger partial charge in [-0.15, -0.1) is 0 Å². The van der Waals surface area contributed by atoms with Crippen LogP contribution in [0.25, 0.3) is 0 Å². The standard InChI is InChI=1S/C5H9NO6S2/c1-5(8)6-12-13(9)2-3-14(10,11)4-7/h2-3,6-8H,1,4H2/b3-2+. The largest absolute Gasteiger partial charge is 0.494 e. The van der Waals surface area contributed by atoms with Gasteiger partial charge in [0.25, 0.3) is 0 Å². The van der Waals surface area contributed by atoms with Crippen LogP contribution in [-0.4, -0.2) is 28.8 Å². The first-order valence-corrected chi connectivity index (χ1v) is 5.96. The first-order valence-electron chi connectivity index (χ1n) is 3.11. The van der Waals surface area contributed by atoms with Crippen LogP contribution < -0.4 is 5.48 Å². The number of aliphatic hydroxyl groups is 2. The molecule has 1 unspecified atom stereocenters. The molecule has 9 heteroatoms. The molecule has 0 saturated carbocycles. The van der Waals surface area contributed by atoms with E-state index in [4.69, 9.17) is 10.2 Å². The van der Waals surface area contributed by atoms with Crippen molar-refractivity contribution in [1.82, 2.24) is 5.48 Å². The van der Waals surface area contributed by atoms with Gasteiger partial charge in [0.2, 0.25) is 17.0 Å². The van der Waals surface area contributed by atoms with E-state index in [-0.39, 0.29) is 0 Å². The molecule has 1 atom stereocenters. The molecular formula is C5H9NO6S2. The molecule has 0 aliphatic heterocycles. The molecule has 82 valence electrons. The molecule has 3 N–H and O–H groups in total. The summed E-state index contributed by atoms with van der Waals surface area (Å²) in [5.41, 5.74) is 1.75. The Morgan fingerprint density at radius 1 is 1.64 bits per heavy atom. The summed E-state index contributed by atoms with van der Waals surface area (Å²) in [7, 11) is -3.76. The monoisotopic (exact) mass is 243 g/mol. The molecule has 0 aromatic carbocycles. The molecule has 0 aliphatic rings. The maximum atomic E-state index is 10.8. The molecule has 0 fully saturated rings. The van der Waals surface area contributed by atoms with E-state index in [9.17, 15) is 12.6 Å². The van der Waals surface area contributed by atoms with Gasteiger partial charge in [-0.1, -0.05) is 0 Å². The lowest BCUT2D eigenvalue weighted by molar-refractivity contribution is 0.187. The molecule has 0 saturated heterocycles. The topological polar surface area (TPSA) is 113 Å². The second-order valence-electron chi connectivity index (χ2n) is 1.96. The molecule has 0 bridgehead atoms. The van der Waals surface area contributed by atoms with Gasteiger partial charge in [0.05, 0.1) is 0 Å². The normalized spacial score (nSPS) is 14.1. The van der Waals surface area contributed by atoms with E-state index in [1.54, 1.807) is 5.48 Å². The zero-order valence-electron chi connectivity index (χ0n) is 6.91. The van der Waals surface area contributed by atoms with E-state index in [0.29, 0.717) is 10.8 Å². The highest BCUT2D eigenvalue weighted by molar-refractivity contribution is 7.95. The Morgan fingerprint density at radius 3 is 2.64 bits per heavy atom. The smallest absolute Gasteiger partial charge is 0.205 e. The van der Waals surface area contributed by atoms with Crippen molar-refractivity contribution in [2.24, 2.45) is 0 Å². The lowest BCUT2D eigenvalue weighted by Gasteiger charge is -1.99. The van der Waals surface area contributed by atoms with Crippen molar-refractivity contribution < 1.29 is 27.1 Å². The quantitative estimate of drug-likeness (QED) is 0.406. The summed E-state index contributed by atoms with van der Waals surface area (Å²) in [5.74, 6) is -1.65. The molecule has 0 spiro atoms. The fourth-order valence-corrected chi connectivity index (χ4v) is 1.65. The SMILES string of the molecule is C=C(O)NOS(=O)/C=C/S(=O)(=O)CO. The Bertz CT molecular complexity index is 345. The molecule has 0 radical (unpaired) electrons. The summed E-state index contributed by atoms with van der Waals surface area (Å²) in [6, 6.07) is 0. The molecular weight excluding hydrogens is 234 g/mol. The van der Waals surface area contributed by atoms with Gasteiger partial charge in [0.1, 0.15) is 5.94 Å². The zero-order chi connectivity index (χ0) is 11.2. The Labute approximate surface area is 83.2 Å². The predicted octanol–water partition coefficient (Wildman–Crippen LogP) is -0.964. The van der Waals surface area contributed by atoms with Crippen LogP contribution in [0, 0.1) is 0 Å². The number of hydroxylamine groups is 1. The Balaban J connectivity index is 4.13. The van der Waals surface area contributed by atoms with Crippen LogP contribution in [0.3, 0.4) is 0 Å². The second kappa shape index (κ2) is 5.75. The van der Waals surface area contributed by atoms with Crippen LogP contribution in [0.15, 0.2) is 23.3 Å². The number of rotatable bonds is 6. The summed E-state index contributed by atoms with van der Waals surface area (Å²) in [6.45, 7) is 2.95. The first-order chi connectivity index (χ1) is 6.37. The number of nitrogens with one attached hydrogen (secondary N) is 1. The lowest BCUT2D eigenvalue weighted by atomic mass is 11.0. The third-order valence-electron chi connectivity index (χ3n) is 0.796. The van der Waals surface area contributed by atoms with E-state index >= 15 is 0 Å². The van der Waals surface area contributed by atoms with Crippen molar-refractivity contribution >= 4 is 20.9 Å². The van der Waals surface area contributed by atoms with Crippen LogP contribution >= 0.6 is 0 Å². The first kappa shape index (κ1) is 13.1. The fraction of sp³-hybridized carbons (Fsp3) is 0.200. The number of aliphatic hydroxyl groups excluding tert-OH is 2. The average Bonchev–Trinajstić information content (AvgIpc) is 2.11. The minimum Gasteiger partial charge on any atom is -0.494 e. The van der Waals surface area contributed by atoms with Gasteiger partial charge in [-0.3, -0.25) is 0 Å². The number of hydrogen-bond donors (Lipinski definition) is 3. The molecule has 0 aromatic rings. The minimum absolute atomic E-state index is 0.533. The molecule has 0 amide bonds. The third-order valence-corrected chi connectivity index (χ3v) is 2.48. The minimum atomic E-state index is -3.76. The molecule has 0 heterocycles. The highest BCUT2D eigenvalue weighted by atomic mass is 32.2. The molecule has 0 rings (SSSR count). The third kappa shape index (κ3) is 6.60. The van der Waals surface area contributed by atoms with Crippen LogP contribution in [0.4, 0.5) is 0 Å². The summed E-state index contributed by atoms with van der Waals surface area (Å²) >= 11 is -2.09. The van der Waals surface area contributed by atoms with Crippen molar-refractivity contribution in [3.05, 3.63) is 23.3 Å². The molecule has 0 aliphatic carbocycles. The molecule has 7 nitrogen and oxygen atoms in total. The van der Waals surface area contributed by atoms with Crippen LogP contribution in [0.2, 0.25) is 0 Å². The van der Waals surface area contributed by atoms with Crippen LogP contribution in [0.1, 0.15) is 0 Å². The van der Waals surface area contributed by atoms with E-state index < -0.39 is 32.7 Å². The van der Waals surface area contributed by atoms with Gasteiger partial charge in [-0.05, 0) is 6.58 Å². The summed E-state index contributed by atoms with van der Waals surface area (Å²) in [5, 5.41) is 17.9.